The van der Waals surface area contributed by atoms with Gasteiger partial charge in [0.05, 0.1) is 19.3 Å². The number of carbonyl (C=O) groups excluding carboxylic acids is 1. The van der Waals surface area contributed by atoms with Crippen LogP contribution in [0, 0.1) is 11.3 Å². The van der Waals surface area contributed by atoms with Crippen LogP contribution in [0.2, 0.25) is 0 Å². The second-order valence-corrected chi connectivity index (χ2v) is 2.50. The fraction of sp³-hybridized carbons (Fsp3) is 0.375. The molecule has 0 saturated heterocycles. The Labute approximate surface area is 81.1 Å². The average molecular weight is 194 g/mol. The van der Waals surface area contributed by atoms with E-state index < -0.39 is 0 Å². The highest BCUT2D eigenvalue weighted by molar-refractivity contribution is 5.72. The molecule has 0 spiro atoms. The summed E-state index contributed by atoms with van der Waals surface area (Å²) >= 11 is 0. The van der Waals surface area contributed by atoms with Crippen LogP contribution in [0.15, 0.2) is 6.20 Å². The van der Waals surface area contributed by atoms with E-state index in [-0.39, 0.29) is 0 Å². The summed E-state index contributed by atoms with van der Waals surface area (Å²) in [5, 5.41) is 15.1. The highest BCUT2D eigenvalue weighted by Gasteiger charge is 2.08. The third-order valence-electron chi connectivity index (χ3n) is 1.66. The number of nitrogens with one attached hydrogen (secondary N) is 1. The first kappa shape index (κ1) is 10.2. The average Bonchev–Trinajstić information content (AvgIpc) is 2.58. The Balaban J connectivity index is 2.87. The molecule has 1 N–H and O–H groups in total. The predicted octanol–water partition coefficient (Wildman–Crippen LogP) is -0.0305. The lowest BCUT2D eigenvalue weighted by atomic mass is 10.3. The van der Waals surface area contributed by atoms with Crippen LogP contribution in [-0.4, -0.2) is 29.9 Å². The van der Waals surface area contributed by atoms with Gasteiger partial charge in [-0.2, -0.15) is 10.4 Å². The molecule has 0 radical (unpaired) electrons. The van der Waals surface area contributed by atoms with Gasteiger partial charge in [0.2, 0.25) is 6.41 Å². The minimum absolute atomic E-state index is 0.341. The van der Waals surface area contributed by atoms with Crippen molar-refractivity contribution in [3.8, 4) is 6.07 Å². The van der Waals surface area contributed by atoms with Crippen molar-refractivity contribution in [3.63, 3.8) is 0 Å². The summed E-state index contributed by atoms with van der Waals surface area (Å²) in [6.45, 7) is 0.967. The second-order valence-electron chi connectivity index (χ2n) is 2.50. The first-order valence-electron chi connectivity index (χ1n) is 3.98. The van der Waals surface area contributed by atoms with Crippen LogP contribution in [0.25, 0.3) is 0 Å². The molecule has 0 aromatic carbocycles. The number of anilines is 1. The molecule has 0 aliphatic heterocycles. The summed E-state index contributed by atoms with van der Waals surface area (Å²) in [5.41, 5.74) is 0.341. The van der Waals surface area contributed by atoms with Gasteiger partial charge in [-0.1, -0.05) is 0 Å². The van der Waals surface area contributed by atoms with Crippen LogP contribution in [0.3, 0.4) is 0 Å². The predicted molar refractivity (Wildman–Crippen MR) is 48.5 cm³/mol. The highest BCUT2D eigenvalue weighted by Crippen LogP contribution is 2.12. The van der Waals surface area contributed by atoms with Gasteiger partial charge in [0.1, 0.15) is 17.5 Å². The summed E-state index contributed by atoms with van der Waals surface area (Å²) in [6.07, 6.45) is 1.92. The van der Waals surface area contributed by atoms with Crippen molar-refractivity contribution in [2.75, 3.05) is 19.0 Å². The van der Waals surface area contributed by atoms with E-state index in [1.165, 1.54) is 10.9 Å². The van der Waals surface area contributed by atoms with E-state index in [1.807, 2.05) is 6.07 Å². The zero-order valence-electron chi connectivity index (χ0n) is 7.73. The molecular formula is C8H10N4O2. The fourth-order valence-electron chi connectivity index (χ4n) is 1.02. The van der Waals surface area contributed by atoms with Crippen molar-refractivity contribution < 1.29 is 9.53 Å². The number of nitrogens with zero attached hydrogens (tertiary/aromatic N) is 3. The molecule has 0 atom stereocenters. The molecule has 0 unspecified atom stereocenters. The van der Waals surface area contributed by atoms with Crippen molar-refractivity contribution >= 4 is 12.2 Å². The van der Waals surface area contributed by atoms with Gasteiger partial charge in [-0.15, -0.1) is 0 Å². The Morgan fingerprint density at radius 1 is 1.86 bits per heavy atom. The molecule has 6 heteroatoms. The maximum atomic E-state index is 10.3. The van der Waals surface area contributed by atoms with Gasteiger partial charge < -0.3 is 10.1 Å². The molecule has 1 aromatic rings. The molecule has 1 rings (SSSR count). The van der Waals surface area contributed by atoms with Gasteiger partial charge in [0.25, 0.3) is 0 Å². The smallest absolute Gasteiger partial charge is 0.212 e. The maximum absolute atomic E-state index is 10.3. The molecule has 1 aromatic heterocycles. The lowest BCUT2D eigenvalue weighted by molar-refractivity contribution is -0.105. The van der Waals surface area contributed by atoms with Crippen LogP contribution in [0.5, 0.6) is 0 Å². The van der Waals surface area contributed by atoms with Gasteiger partial charge in [0, 0.05) is 7.11 Å². The topological polar surface area (TPSA) is 79.9 Å². The molecule has 0 aliphatic rings. The van der Waals surface area contributed by atoms with E-state index in [0.717, 1.165) is 0 Å². The number of hydrogen-bond donors (Lipinski definition) is 1. The van der Waals surface area contributed by atoms with Crippen LogP contribution in [0.4, 0.5) is 5.82 Å². The summed E-state index contributed by atoms with van der Waals surface area (Å²) in [5.74, 6) is 0.402. The Hall–Kier alpha value is -1.87. The Bertz CT molecular complexity index is 353. The zero-order chi connectivity index (χ0) is 10.4. The van der Waals surface area contributed by atoms with Gasteiger partial charge in [-0.25, -0.2) is 4.68 Å². The molecule has 1 heterocycles. The molecular weight excluding hydrogens is 184 g/mol. The number of rotatable bonds is 5. The highest BCUT2D eigenvalue weighted by atomic mass is 16.5. The lowest BCUT2D eigenvalue weighted by Gasteiger charge is -2.04. The minimum atomic E-state index is 0.341. The number of aromatic nitrogens is 2. The minimum Gasteiger partial charge on any atom is -0.383 e. The third-order valence-corrected chi connectivity index (χ3v) is 1.66. The molecule has 1 amide bonds. The zero-order valence-corrected chi connectivity index (χ0v) is 7.73. The van der Waals surface area contributed by atoms with Gasteiger partial charge in [0.15, 0.2) is 0 Å². The number of carbonyl (C=O) groups is 1. The Morgan fingerprint density at radius 3 is 3.21 bits per heavy atom. The maximum Gasteiger partial charge on any atom is 0.212 e. The molecule has 0 aliphatic carbocycles. The summed E-state index contributed by atoms with van der Waals surface area (Å²) in [6, 6.07) is 1.93. The van der Waals surface area contributed by atoms with Crippen molar-refractivity contribution in [3.05, 3.63) is 11.8 Å². The van der Waals surface area contributed by atoms with Gasteiger partial charge in [-0.05, 0) is 0 Å². The molecule has 74 valence electrons. The quantitative estimate of drug-likeness (QED) is 0.667. The SMILES string of the molecule is COCCn1ncc(C#N)c1NC=O. The molecule has 14 heavy (non-hydrogen) atoms. The molecule has 0 fully saturated rings. The van der Waals surface area contributed by atoms with Crippen molar-refractivity contribution in [2.24, 2.45) is 0 Å². The first-order chi connectivity index (χ1) is 6.83. The Morgan fingerprint density at radius 2 is 2.64 bits per heavy atom. The van der Waals surface area contributed by atoms with E-state index in [1.54, 1.807) is 7.11 Å². The van der Waals surface area contributed by atoms with E-state index in [0.29, 0.717) is 30.9 Å². The number of methoxy groups -OCH3 is 1. The van der Waals surface area contributed by atoms with E-state index >= 15 is 0 Å². The largest absolute Gasteiger partial charge is 0.383 e. The lowest BCUT2D eigenvalue weighted by Crippen LogP contribution is -2.10. The summed E-state index contributed by atoms with van der Waals surface area (Å²) < 4.78 is 6.37. The molecule has 6 nitrogen and oxygen atoms in total. The van der Waals surface area contributed by atoms with Crippen molar-refractivity contribution in [2.45, 2.75) is 6.54 Å². The van der Waals surface area contributed by atoms with Crippen LogP contribution < -0.4 is 5.32 Å². The standard InChI is InChI=1S/C8H10N4O2/c1-14-3-2-12-8(10-6-13)7(4-9)5-11-12/h5-6H,2-3H2,1H3,(H,10,13). The van der Waals surface area contributed by atoms with Gasteiger partial charge in [-0.3, -0.25) is 4.79 Å². The summed E-state index contributed by atoms with van der Waals surface area (Å²) in [7, 11) is 1.57. The van der Waals surface area contributed by atoms with E-state index in [4.69, 9.17) is 10.00 Å². The molecule has 0 saturated carbocycles. The number of amides is 1. The van der Waals surface area contributed by atoms with E-state index in [2.05, 4.69) is 10.4 Å². The van der Waals surface area contributed by atoms with Crippen LogP contribution in [0.1, 0.15) is 5.56 Å². The van der Waals surface area contributed by atoms with Gasteiger partial charge >= 0.3 is 0 Å². The van der Waals surface area contributed by atoms with Crippen LogP contribution in [-0.2, 0) is 16.1 Å². The molecule has 0 bridgehead atoms. The third kappa shape index (κ3) is 2.08. The Kier molecular flexibility index (Phi) is 3.64. The van der Waals surface area contributed by atoms with Crippen molar-refractivity contribution in [1.82, 2.24) is 9.78 Å². The fourth-order valence-corrected chi connectivity index (χ4v) is 1.02. The monoisotopic (exact) mass is 194 g/mol. The summed E-state index contributed by atoms with van der Waals surface area (Å²) in [4.78, 5) is 10.3. The van der Waals surface area contributed by atoms with Crippen LogP contribution >= 0.6 is 0 Å². The second kappa shape index (κ2) is 4.99. The number of hydrogen-bond acceptors (Lipinski definition) is 4. The number of ether oxygens (including phenoxy) is 1. The van der Waals surface area contributed by atoms with Crippen molar-refractivity contribution in [1.29, 1.82) is 5.26 Å². The number of nitriles is 1. The van der Waals surface area contributed by atoms with E-state index in [9.17, 15) is 4.79 Å². The normalized spacial score (nSPS) is 9.43. The first-order valence-corrected chi connectivity index (χ1v) is 3.98.